The van der Waals surface area contributed by atoms with Crippen molar-refractivity contribution in [1.82, 2.24) is 9.71 Å². The summed E-state index contributed by atoms with van der Waals surface area (Å²) >= 11 is 0. The molecule has 0 radical (unpaired) electrons. The Morgan fingerprint density at radius 2 is 2.14 bits per heavy atom. The SMILES string of the molecule is O=S(=O)(Cl)c1ccc2c(c1)ncn2[O-]. The van der Waals surface area contributed by atoms with Crippen molar-refractivity contribution in [3.8, 4) is 0 Å². The van der Waals surface area contributed by atoms with Gasteiger partial charge in [-0.15, -0.1) is 0 Å². The first-order valence-corrected chi connectivity index (χ1v) is 5.89. The Hall–Kier alpha value is -1.27. The third-order valence-corrected chi connectivity index (χ3v) is 3.12. The van der Waals surface area contributed by atoms with Crippen molar-refractivity contribution >= 4 is 30.8 Å². The van der Waals surface area contributed by atoms with E-state index in [1.165, 1.54) is 18.2 Å². The van der Waals surface area contributed by atoms with Gasteiger partial charge in [-0.2, -0.15) is 0 Å². The molecule has 1 aromatic carbocycles. The molecule has 14 heavy (non-hydrogen) atoms. The molecule has 1 aromatic heterocycles. The maximum absolute atomic E-state index is 11.0. The Morgan fingerprint density at radius 3 is 2.79 bits per heavy atom. The van der Waals surface area contributed by atoms with E-state index in [1.54, 1.807) is 0 Å². The summed E-state index contributed by atoms with van der Waals surface area (Å²) in [5.41, 5.74) is 0.621. The maximum Gasteiger partial charge on any atom is 0.261 e. The number of nitrogens with zero attached hydrogens (tertiary/aromatic N) is 2. The lowest BCUT2D eigenvalue weighted by atomic mass is 10.3. The molecule has 7 heteroatoms. The number of aromatic nitrogens is 2. The molecule has 0 saturated heterocycles. The number of imidazole rings is 1. The van der Waals surface area contributed by atoms with Crippen LogP contribution in [-0.2, 0) is 9.05 Å². The molecule has 74 valence electrons. The van der Waals surface area contributed by atoms with Crippen molar-refractivity contribution in [1.29, 1.82) is 0 Å². The number of fused-ring (bicyclic) bond motifs is 1. The van der Waals surface area contributed by atoms with Crippen LogP contribution in [0.2, 0.25) is 0 Å². The van der Waals surface area contributed by atoms with Gasteiger partial charge in [0.1, 0.15) is 0 Å². The lowest BCUT2D eigenvalue weighted by Gasteiger charge is -2.05. The van der Waals surface area contributed by atoms with Gasteiger partial charge >= 0.3 is 0 Å². The largest absolute Gasteiger partial charge is 0.805 e. The third kappa shape index (κ3) is 1.42. The first-order chi connectivity index (χ1) is 6.48. The highest BCUT2D eigenvalue weighted by Gasteiger charge is 2.10. The first-order valence-electron chi connectivity index (χ1n) is 3.58. The molecule has 0 aliphatic heterocycles. The quantitative estimate of drug-likeness (QED) is 0.694. The summed E-state index contributed by atoms with van der Waals surface area (Å²) in [7, 11) is 1.36. The van der Waals surface area contributed by atoms with Crippen molar-refractivity contribution in [2.24, 2.45) is 0 Å². The van der Waals surface area contributed by atoms with Crippen molar-refractivity contribution < 1.29 is 8.42 Å². The van der Waals surface area contributed by atoms with E-state index in [1.807, 2.05) is 0 Å². The minimum absolute atomic E-state index is 0.0645. The molecule has 0 amide bonds. The molecule has 2 aromatic rings. The summed E-state index contributed by atoms with van der Waals surface area (Å²) < 4.78 is 22.4. The zero-order valence-corrected chi connectivity index (χ0v) is 8.29. The maximum atomic E-state index is 11.0. The summed E-state index contributed by atoms with van der Waals surface area (Å²) in [6.07, 6.45) is 1.06. The monoisotopic (exact) mass is 231 g/mol. The second-order valence-corrected chi connectivity index (χ2v) is 5.22. The fourth-order valence-corrected chi connectivity index (χ4v) is 1.89. The number of halogens is 1. The summed E-state index contributed by atoms with van der Waals surface area (Å²) in [6.45, 7) is 0. The van der Waals surface area contributed by atoms with Gasteiger partial charge in [0, 0.05) is 10.7 Å². The molecule has 0 spiro atoms. The summed E-state index contributed by atoms with van der Waals surface area (Å²) in [5.74, 6) is 0. The van der Waals surface area contributed by atoms with Crippen molar-refractivity contribution in [2.75, 3.05) is 0 Å². The van der Waals surface area contributed by atoms with E-state index < -0.39 is 9.05 Å². The van der Waals surface area contributed by atoms with E-state index >= 15 is 0 Å². The Balaban J connectivity index is 2.76. The molecular weight excluding hydrogens is 228 g/mol. The van der Waals surface area contributed by atoms with Crippen LogP contribution in [0.3, 0.4) is 0 Å². The number of hydrogen-bond acceptors (Lipinski definition) is 4. The highest BCUT2D eigenvalue weighted by Crippen LogP contribution is 2.20. The van der Waals surface area contributed by atoms with Crippen LogP contribution in [0.5, 0.6) is 0 Å². The van der Waals surface area contributed by atoms with Crippen LogP contribution in [-0.4, -0.2) is 18.1 Å². The van der Waals surface area contributed by atoms with Crippen LogP contribution >= 0.6 is 10.7 Å². The number of benzene rings is 1. The molecule has 0 fully saturated rings. The predicted octanol–water partition coefficient (Wildman–Crippen LogP) is 1.31. The van der Waals surface area contributed by atoms with Gasteiger partial charge in [0.2, 0.25) is 0 Å². The minimum Gasteiger partial charge on any atom is -0.805 e. The number of rotatable bonds is 1. The predicted molar refractivity (Wildman–Crippen MR) is 51.5 cm³/mol. The van der Waals surface area contributed by atoms with Gasteiger partial charge in [-0.3, -0.25) is 0 Å². The van der Waals surface area contributed by atoms with E-state index in [0.717, 1.165) is 6.33 Å². The Kier molecular flexibility index (Phi) is 1.90. The van der Waals surface area contributed by atoms with E-state index in [2.05, 4.69) is 4.98 Å². The molecule has 5 nitrogen and oxygen atoms in total. The topological polar surface area (TPSA) is 75.0 Å². The van der Waals surface area contributed by atoms with Gasteiger partial charge in [0.05, 0.1) is 22.3 Å². The molecule has 0 N–H and O–H groups in total. The Morgan fingerprint density at radius 1 is 1.43 bits per heavy atom. The van der Waals surface area contributed by atoms with Gasteiger partial charge in [0.15, 0.2) is 0 Å². The standard InChI is InChI=1S/C7H4ClN2O3S/c8-14(12,13)5-1-2-7-6(3-5)9-4-10(7)11/h1-4H/q-1. The van der Waals surface area contributed by atoms with Crippen molar-refractivity contribution in [3.63, 3.8) is 0 Å². The molecule has 0 aliphatic carbocycles. The summed E-state index contributed by atoms with van der Waals surface area (Å²) in [4.78, 5) is 3.66. The smallest absolute Gasteiger partial charge is 0.261 e. The highest BCUT2D eigenvalue weighted by atomic mass is 35.7. The zero-order valence-electron chi connectivity index (χ0n) is 6.71. The van der Waals surface area contributed by atoms with E-state index in [4.69, 9.17) is 10.7 Å². The minimum atomic E-state index is -3.76. The van der Waals surface area contributed by atoms with Gasteiger partial charge in [-0.25, -0.2) is 13.4 Å². The first kappa shape index (κ1) is 9.29. The van der Waals surface area contributed by atoms with Gasteiger partial charge < -0.3 is 9.94 Å². The fourth-order valence-electron chi connectivity index (χ4n) is 1.12. The summed E-state index contributed by atoms with van der Waals surface area (Å²) in [6, 6.07) is 3.89. The molecule has 0 atom stereocenters. The Labute approximate surface area is 83.9 Å². The van der Waals surface area contributed by atoms with E-state index in [0.29, 0.717) is 15.8 Å². The van der Waals surface area contributed by atoms with Crippen LogP contribution in [0.25, 0.3) is 11.0 Å². The molecule has 0 aliphatic rings. The average Bonchev–Trinajstić information content (AvgIpc) is 2.46. The molecule has 0 unspecified atom stereocenters. The van der Waals surface area contributed by atoms with Gasteiger partial charge in [-0.1, -0.05) is 0 Å². The summed E-state index contributed by atoms with van der Waals surface area (Å²) in [5, 5.41) is 11.0. The van der Waals surface area contributed by atoms with Crippen LogP contribution in [0, 0.1) is 5.21 Å². The highest BCUT2D eigenvalue weighted by molar-refractivity contribution is 8.13. The molecular formula is C7H4ClN2O3S-. The van der Waals surface area contributed by atoms with E-state index in [-0.39, 0.29) is 4.90 Å². The lowest BCUT2D eigenvalue weighted by molar-refractivity contribution is 0.609. The fraction of sp³-hybridized carbons (Fsp3) is 0. The van der Waals surface area contributed by atoms with Crippen molar-refractivity contribution in [2.45, 2.75) is 4.90 Å². The van der Waals surface area contributed by atoms with Crippen LogP contribution in [0.1, 0.15) is 0 Å². The normalized spacial score (nSPS) is 12.1. The Bertz CT molecular complexity index is 590. The molecule has 0 bridgehead atoms. The second-order valence-electron chi connectivity index (χ2n) is 2.66. The molecule has 2 rings (SSSR count). The zero-order chi connectivity index (χ0) is 10.3. The van der Waals surface area contributed by atoms with Crippen LogP contribution in [0.15, 0.2) is 29.4 Å². The second kappa shape index (κ2) is 2.86. The van der Waals surface area contributed by atoms with Crippen LogP contribution < -0.4 is 0 Å². The van der Waals surface area contributed by atoms with E-state index in [9.17, 15) is 13.6 Å². The van der Waals surface area contributed by atoms with Crippen molar-refractivity contribution in [3.05, 3.63) is 29.7 Å². The number of hydrogen-bond donors (Lipinski definition) is 0. The third-order valence-electron chi connectivity index (χ3n) is 1.77. The van der Waals surface area contributed by atoms with Gasteiger partial charge in [0.25, 0.3) is 9.05 Å². The van der Waals surface area contributed by atoms with Gasteiger partial charge in [-0.05, 0) is 18.2 Å². The molecule has 0 saturated carbocycles. The van der Waals surface area contributed by atoms with Crippen LogP contribution in [0.4, 0.5) is 0 Å². The average molecular weight is 232 g/mol. The lowest BCUT2D eigenvalue weighted by Crippen LogP contribution is -1.90. The molecule has 1 heterocycles.